The van der Waals surface area contributed by atoms with Crippen LogP contribution in [0.3, 0.4) is 0 Å². The van der Waals surface area contributed by atoms with Crippen molar-refractivity contribution >= 4 is 0 Å². The molecule has 0 atom stereocenters. The van der Waals surface area contributed by atoms with Crippen molar-refractivity contribution in [2.75, 3.05) is 20.8 Å². The molecule has 5 nitrogen and oxygen atoms in total. The molecule has 0 unspecified atom stereocenters. The van der Waals surface area contributed by atoms with Crippen LogP contribution in [0.15, 0.2) is 190 Å². The second kappa shape index (κ2) is 18.6. The van der Waals surface area contributed by atoms with Gasteiger partial charge in [-0.25, -0.2) is 0 Å². The average Bonchev–Trinajstić information content (AvgIpc) is 3.02. The minimum absolute atomic E-state index is 0.443. The molecule has 0 aliphatic carbocycles. The maximum absolute atomic E-state index is 6.25. The van der Waals surface area contributed by atoms with E-state index >= 15 is 0 Å². The van der Waals surface area contributed by atoms with Gasteiger partial charge in [-0.2, -0.15) is 0 Å². The molecule has 0 saturated carbocycles. The summed E-state index contributed by atoms with van der Waals surface area (Å²) < 4.78 is 23.5. The van der Waals surface area contributed by atoms with Gasteiger partial charge in [0.15, 0.2) is 0 Å². The highest BCUT2D eigenvalue weighted by molar-refractivity contribution is 5.41. The lowest BCUT2D eigenvalue weighted by Gasteiger charge is -2.20. The first-order valence-corrected chi connectivity index (χ1v) is 15.3. The van der Waals surface area contributed by atoms with Gasteiger partial charge in [0.1, 0.15) is 35.9 Å². The van der Waals surface area contributed by atoms with Crippen molar-refractivity contribution in [3.05, 3.63) is 190 Å². The molecule has 3 aliphatic rings. The predicted molar refractivity (Wildman–Crippen MR) is 192 cm³/mol. The van der Waals surface area contributed by atoms with Crippen molar-refractivity contribution in [2.45, 2.75) is 41.5 Å². The van der Waals surface area contributed by atoms with E-state index in [1.54, 1.807) is 20.5 Å². The highest BCUT2D eigenvalue weighted by Crippen LogP contribution is 2.24. The van der Waals surface area contributed by atoms with E-state index in [0.717, 1.165) is 56.4 Å². The Morgan fingerprint density at radius 2 is 1.37 bits per heavy atom. The molecule has 46 heavy (non-hydrogen) atoms. The van der Waals surface area contributed by atoms with Crippen molar-refractivity contribution in [3.8, 4) is 0 Å². The van der Waals surface area contributed by atoms with E-state index in [2.05, 4.69) is 52.0 Å². The van der Waals surface area contributed by atoms with Crippen LogP contribution in [0.5, 0.6) is 0 Å². The van der Waals surface area contributed by atoms with E-state index in [9.17, 15) is 0 Å². The maximum atomic E-state index is 6.25. The average molecular weight is 618 g/mol. The first-order chi connectivity index (χ1) is 22.2. The number of fused-ring (bicyclic) bond motifs is 3. The standard InChI is InChI=1S/C41H47NO4/c1-31-15-10-9-11-17-35(5)41(44-8)29-38-20-19-36(6)40(46-38)21-23-42-22-13-12-18-37(42)30-45-24-14-16-32(2)26-34(4)28-39(43-7)27-33(3)25-31/h9-23,25-30H,24H2,1-8H3. The quantitative estimate of drug-likeness (QED) is 0.308. The van der Waals surface area contributed by atoms with Crippen molar-refractivity contribution in [1.82, 2.24) is 4.90 Å². The Labute approximate surface area is 275 Å². The Hall–Kier alpha value is -5.16. The Kier molecular flexibility index (Phi) is 14.3. The molecule has 0 amide bonds. The van der Waals surface area contributed by atoms with Crippen molar-refractivity contribution in [3.63, 3.8) is 0 Å². The fourth-order valence-electron chi connectivity index (χ4n) is 4.57. The second-order valence-corrected chi connectivity index (χ2v) is 11.1. The smallest absolute Gasteiger partial charge is 0.131 e. The maximum Gasteiger partial charge on any atom is 0.131 e. The van der Waals surface area contributed by atoms with E-state index in [4.69, 9.17) is 18.9 Å². The molecule has 3 heterocycles. The lowest BCUT2D eigenvalue weighted by Crippen LogP contribution is -2.10. The van der Waals surface area contributed by atoms with Crippen LogP contribution in [0, 0.1) is 0 Å². The fourth-order valence-corrected chi connectivity index (χ4v) is 4.57. The molecule has 0 aromatic rings. The number of hydrogen-bond donors (Lipinski definition) is 0. The van der Waals surface area contributed by atoms with Crippen LogP contribution in [0.2, 0.25) is 0 Å². The lowest BCUT2D eigenvalue weighted by atomic mass is 10.1. The van der Waals surface area contributed by atoms with Gasteiger partial charge in [-0.05, 0) is 106 Å². The molecular formula is C41H47NO4. The highest BCUT2D eigenvalue weighted by atomic mass is 16.5. The fraction of sp³-hybridized carbons (Fsp3) is 0.220. The number of rotatable bonds is 2. The Morgan fingerprint density at radius 3 is 2.15 bits per heavy atom. The van der Waals surface area contributed by atoms with Crippen LogP contribution >= 0.6 is 0 Å². The summed E-state index contributed by atoms with van der Waals surface area (Å²) in [6.45, 7) is 12.8. The van der Waals surface area contributed by atoms with Crippen LogP contribution in [0.1, 0.15) is 41.5 Å². The summed E-state index contributed by atoms with van der Waals surface area (Å²) in [6.07, 6.45) is 42.0. The van der Waals surface area contributed by atoms with Crippen LogP contribution < -0.4 is 0 Å². The third-order valence-corrected chi connectivity index (χ3v) is 6.90. The van der Waals surface area contributed by atoms with Crippen molar-refractivity contribution in [2.24, 2.45) is 0 Å². The Bertz CT molecular complexity index is 1610. The third kappa shape index (κ3) is 12.1. The summed E-state index contributed by atoms with van der Waals surface area (Å²) in [5.41, 5.74) is 7.32. The molecule has 0 N–H and O–H groups in total. The van der Waals surface area contributed by atoms with E-state index in [1.165, 1.54) is 0 Å². The largest absolute Gasteiger partial charge is 0.497 e. The minimum Gasteiger partial charge on any atom is -0.497 e. The summed E-state index contributed by atoms with van der Waals surface area (Å²) >= 11 is 0. The van der Waals surface area contributed by atoms with Crippen LogP contribution in [-0.2, 0) is 18.9 Å². The number of methoxy groups -OCH3 is 2. The van der Waals surface area contributed by atoms with E-state index < -0.39 is 0 Å². The van der Waals surface area contributed by atoms with Gasteiger partial charge in [-0.3, -0.25) is 0 Å². The predicted octanol–water partition coefficient (Wildman–Crippen LogP) is 10.4. The zero-order valence-corrected chi connectivity index (χ0v) is 28.4. The molecule has 3 aliphatic heterocycles. The monoisotopic (exact) mass is 617 g/mol. The second-order valence-electron chi connectivity index (χ2n) is 11.1. The summed E-state index contributed by atoms with van der Waals surface area (Å²) in [5.74, 6) is 2.95. The molecular weight excluding hydrogens is 570 g/mol. The van der Waals surface area contributed by atoms with Gasteiger partial charge in [0.25, 0.3) is 0 Å². The third-order valence-electron chi connectivity index (χ3n) is 6.90. The highest BCUT2D eigenvalue weighted by Gasteiger charge is 2.11. The molecule has 0 aromatic heterocycles. The zero-order valence-electron chi connectivity index (χ0n) is 28.4. The first-order valence-electron chi connectivity index (χ1n) is 15.3. The van der Waals surface area contributed by atoms with Gasteiger partial charge < -0.3 is 23.8 Å². The van der Waals surface area contributed by atoms with E-state index in [1.807, 2.05) is 116 Å². The molecule has 5 heteroatoms. The Balaban J connectivity index is 1.97. The molecule has 3 rings (SSSR count). The van der Waals surface area contributed by atoms with E-state index in [0.29, 0.717) is 12.4 Å². The van der Waals surface area contributed by atoms with Crippen LogP contribution in [0.4, 0.5) is 0 Å². The molecule has 0 saturated heterocycles. The van der Waals surface area contributed by atoms with Crippen LogP contribution in [-0.4, -0.2) is 25.7 Å². The van der Waals surface area contributed by atoms with E-state index in [-0.39, 0.29) is 0 Å². The summed E-state index contributed by atoms with van der Waals surface area (Å²) in [5, 5.41) is 0. The molecule has 240 valence electrons. The molecule has 0 radical (unpaired) electrons. The lowest BCUT2D eigenvalue weighted by molar-refractivity contribution is 0.280. The Morgan fingerprint density at radius 1 is 0.609 bits per heavy atom. The molecule has 0 aromatic carbocycles. The molecule has 0 spiro atoms. The van der Waals surface area contributed by atoms with Gasteiger partial charge in [0, 0.05) is 18.5 Å². The minimum atomic E-state index is 0.443. The van der Waals surface area contributed by atoms with Gasteiger partial charge in [-0.1, -0.05) is 71.9 Å². The summed E-state index contributed by atoms with van der Waals surface area (Å²) in [7, 11) is 3.36. The van der Waals surface area contributed by atoms with Crippen molar-refractivity contribution in [1.29, 1.82) is 0 Å². The zero-order chi connectivity index (χ0) is 33.3. The summed E-state index contributed by atoms with van der Waals surface area (Å²) in [4.78, 5) is 1.99. The number of nitrogens with zero attached hydrogens (tertiary/aromatic N) is 1. The SMILES string of the molecule is COC1=CC(C)=CC(C)=CC=CC=CC(C)=C(OC)C=C2C=CC(C)=C(C=CN3C=CC=CC3=COCC=CC(C)=CC(C)=C1)O2. The first kappa shape index (κ1) is 35.3. The molecule has 0 fully saturated rings. The summed E-state index contributed by atoms with van der Waals surface area (Å²) in [6, 6.07) is 0. The van der Waals surface area contributed by atoms with Gasteiger partial charge >= 0.3 is 0 Å². The van der Waals surface area contributed by atoms with Gasteiger partial charge in [-0.15, -0.1) is 0 Å². The van der Waals surface area contributed by atoms with Crippen molar-refractivity contribution < 1.29 is 18.9 Å². The van der Waals surface area contributed by atoms with Gasteiger partial charge in [0.2, 0.25) is 0 Å². The topological polar surface area (TPSA) is 40.2 Å². The number of hydrogen-bond acceptors (Lipinski definition) is 5. The number of ether oxygens (including phenoxy) is 4. The normalized spacial score (nSPS) is 18.8. The number of allylic oxidation sites excluding steroid dienone is 23. The molecule has 2 bridgehead atoms. The van der Waals surface area contributed by atoms with Crippen LogP contribution in [0.25, 0.3) is 0 Å². The van der Waals surface area contributed by atoms with Gasteiger partial charge in [0.05, 0.1) is 19.9 Å².